The van der Waals surface area contributed by atoms with Crippen LogP contribution in [-0.2, 0) is 16.0 Å². The average Bonchev–Trinajstić information content (AvgIpc) is 3.63. The molecular weight excluding hydrogens is 558 g/mol. The van der Waals surface area contributed by atoms with Gasteiger partial charge in [-0.25, -0.2) is 0 Å². The number of hydrogen-bond acceptors (Lipinski definition) is 6. The zero-order chi connectivity index (χ0) is 26.1. The maximum atomic E-state index is 13.8. The summed E-state index contributed by atoms with van der Waals surface area (Å²) in [7, 11) is 0. The van der Waals surface area contributed by atoms with Crippen LogP contribution >= 0.6 is 27.3 Å². The fourth-order valence-corrected chi connectivity index (χ4v) is 6.10. The highest BCUT2D eigenvalue weighted by Gasteiger charge is 2.52. The first kappa shape index (κ1) is 25.2. The molecule has 2 N–H and O–H groups in total. The fourth-order valence-electron chi connectivity index (χ4n) is 5.02. The first-order valence-corrected chi connectivity index (χ1v) is 13.5. The minimum Gasteiger partial charge on any atom is -0.508 e. The Morgan fingerprint density at radius 3 is 2.57 bits per heavy atom. The summed E-state index contributed by atoms with van der Waals surface area (Å²) in [4.78, 5) is 56.6. The third-order valence-electron chi connectivity index (χ3n) is 6.76. The molecule has 2 saturated heterocycles. The van der Waals surface area contributed by atoms with Gasteiger partial charge in [-0.1, -0.05) is 40.2 Å². The number of phenolic OH excluding ortho intramolecular Hbond substituents is 1. The SMILES string of the molecule is O=C(N[C@@H](Cc1ccc(O)cc1)C(=O)N1CC[C@@H]2[C@H]1C(=O)CN2C(=O)c1cccs1)c1cccc(Br)c1. The van der Waals surface area contributed by atoms with Gasteiger partial charge >= 0.3 is 0 Å². The molecular formula is C27H24BrN3O5S. The monoisotopic (exact) mass is 581 g/mol. The van der Waals surface area contributed by atoms with Crippen molar-refractivity contribution in [3.63, 3.8) is 0 Å². The number of carbonyl (C=O) groups excluding carboxylic acids is 4. The summed E-state index contributed by atoms with van der Waals surface area (Å²) in [5.74, 6) is -1.07. The smallest absolute Gasteiger partial charge is 0.264 e. The van der Waals surface area contributed by atoms with Crippen molar-refractivity contribution in [2.45, 2.75) is 31.0 Å². The molecule has 0 bridgehead atoms. The second kappa shape index (κ2) is 10.5. The Morgan fingerprint density at radius 2 is 1.86 bits per heavy atom. The maximum absolute atomic E-state index is 13.8. The van der Waals surface area contributed by atoms with Gasteiger partial charge in [0, 0.05) is 23.0 Å². The van der Waals surface area contributed by atoms with E-state index in [1.807, 2.05) is 5.38 Å². The molecule has 2 aliphatic heterocycles. The minimum absolute atomic E-state index is 0.0388. The molecule has 8 nitrogen and oxygen atoms in total. The predicted molar refractivity (Wildman–Crippen MR) is 141 cm³/mol. The lowest BCUT2D eigenvalue weighted by atomic mass is 10.0. The Hall–Kier alpha value is -3.50. The van der Waals surface area contributed by atoms with Crippen LogP contribution in [0.2, 0.25) is 0 Å². The van der Waals surface area contributed by atoms with Crippen LogP contribution in [0.5, 0.6) is 5.75 Å². The molecule has 5 rings (SSSR count). The van der Waals surface area contributed by atoms with Crippen molar-refractivity contribution >= 4 is 50.8 Å². The number of halogens is 1. The largest absolute Gasteiger partial charge is 0.508 e. The number of thiophene rings is 1. The number of rotatable bonds is 6. The lowest BCUT2D eigenvalue weighted by molar-refractivity contribution is -0.138. The fraction of sp³-hybridized carbons (Fsp3) is 0.259. The third-order valence-corrected chi connectivity index (χ3v) is 8.12. The molecule has 190 valence electrons. The number of ketones is 1. The van der Waals surface area contributed by atoms with Gasteiger partial charge in [0.25, 0.3) is 11.8 Å². The van der Waals surface area contributed by atoms with Crippen molar-refractivity contribution in [1.82, 2.24) is 15.1 Å². The van der Waals surface area contributed by atoms with Gasteiger partial charge in [0.15, 0.2) is 5.78 Å². The lowest BCUT2D eigenvalue weighted by Crippen LogP contribution is -2.53. The van der Waals surface area contributed by atoms with Crippen molar-refractivity contribution in [2.24, 2.45) is 0 Å². The van der Waals surface area contributed by atoms with Gasteiger partial charge in [0.2, 0.25) is 5.91 Å². The number of carbonyl (C=O) groups is 4. The summed E-state index contributed by atoms with van der Waals surface area (Å²) >= 11 is 4.68. The van der Waals surface area contributed by atoms with E-state index in [-0.39, 0.29) is 42.4 Å². The Kier molecular flexibility index (Phi) is 7.12. The molecule has 1 aromatic heterocycles. The molecule has 3 atom stereocenters. The topological polar surface area (TPSA) is 107 Å². The first-order chi connectivity index (χ1) is 17.8. The van der Waals surface area contributed by atoms with E-state index < -0.39 is 18.0 Å². The first-order valence-electron chi connectivity index (χ1n) is 11.8. The van der Waals surface area contributed by atoms with Crippen molar-refractivity contribution < 1.29 is 24.3 Å². The highest BCUT2D eigenvalue weighted by atomic mass is 79.9. The molecule has 3 amide bonds. The summed E-state index contributed by atoms with van der Waals surface area (Å²) in [5.41, 5.74) is 1.13. The Labute approximate surface area is 226 Å². The van der Waals surface area contributed by atoms with Crippen LogP contribution in [0, 0.1) is 0 Å². The van der Waals surface area contributed by atoms with Crippen LogP contribution in [0.25, 0.3) is 0 Å². The highest BCUT2D eigenvalue weighted by Crippen LogP contribution is 2.32. The number of Topliss-reactive ketones (excluding diaryl/α,β-unsaturated/α-hetero) is 1. The number of amides is 3. The number of benzene rings is 2. The zero-order valence-corrected chi connectivity index (χ0v) is 22.1. The molecule has 0 spiro atoms. The van der Waals surface area contributed by atoms with Crippen LogP contribution in [0.1, 0.15) is 32.0 Å². The van der Waals surface area contributed by atoms with Gasteiger partial charge in [-0.05, 0) is 53.8 Å². The van der Waals surface area contributed by atoms with Crippen molar-refractivity contribution in [3.05, 3.63) is 86.5 Å². The van der Waals surface area contributed by atoms with E-state index in [0.717, 1.165) is 10.0 Å². The number of fused-ring (bicyclic) bond motifs is 1. The molecule has 3 aromatic rings. The number of nitrogens with one attached hydrogen (secondary N) is 1. The van der Waals surface area contributed by atoms with Gasteiger partial charge in [0.05, 0.1) is 17.5 Å². The van der Waals surface area contributed by atoms with Crippen LogP contribution in [-0.4, -0.2) is 69.6 Å². The van der Waals surface area contributed by atoms with Gasteiger partial charge in [-0.2, -0.15) is 0 Å². The maximum Gasteiger partial charge on any atom is 0.264 e. The standard InChI is InChI=1S/C27H24BrN3O5S/c28-18-4-1-3-17(14-18)25(34)29-20(13-16-6-8-19(32)9-7-16)26(35)30-11-10-21-24(30)22(33)15-31(21)27(36)23-5-2-12-37-23/h1-9,12,14,20-21,24,32H,10-11,13,15H2,(H,29,34)/t20-,21+,24-/m0/s1. The van der Waals surface area contributed by atoms with E-state index >= 15 is 0 Å². The van der Waals surface area contributed by atoms with Gasteiger partial charge in [-0.3, -0.25) is 19.2 Å². The number of hydrogen-bond donors (Lipinski definition) is 2. The molecule has 2 aliphatic rings. The van der Waals surface area contributed by atoms with Crippen molar-refractivity contribution in [2.75, 3.05) is 13.1 Å². The van der Waals surface area contributed by atoms with Crippen LogP contribution in [0.3, 0.4) is 0 Å². The molecule has 0 aliphatic carbocycles. The van der Waals surface area contributed by atoms with E-state index in [2.05, 4.69) is 21.2 Å². The summed E-state index contributed by atoms with van der Waals surface area (Å²) in [5, 5.41) is 14.3. The Bertz CT molecular complexity index is 1340. The van der Waals surface area contributed by atoms with Gasteiger partial charge in [0.1, 0.15) is 17.8 Å². The Balaban J connectivity index is 1.38. The lowest BCUT2D eigenvalue weighted by Gasteiger charge is -2.28. The molecule has 0 unspecified atom stereocenters. The van der Waals surface area contributed by atoms with Crippen LogP contribution in [0.15, 0.2) is 70.5 Å². The van der Waals surface area contributed by atoms with E-state index in [1.165, 1.54) is 28.4 Å². The van der Waals surface area contributed by atoms with E-state index in [9.17, 15) is 24.3 Å². The molecule has 0 radical (unpaired) electrons. The Morgan fingerprint density at radius 1 is 1.08 bits per heavy atom. The number of likely N-dealkylation sites (tertiary alicyclic amines) is 2. The molecule has 3 heterocycles. The number of phenols is 1. The highest BCUT2D eigenvalue weighted by molar-refractivity contribution is 9.10. The second-order valence-corrected chi connectivity index (χ2v) is 11.0. The normalized spacial score (nSPS) is 19.5. The predicted octanol–water partition coefficient (Wildman–Crippen LogP) is 3.25. The van der Waals surface area contributed by atoms with Crippen molar-refractivity contribution in [1.29, 1.82) is 0 Å². The van der Waals surface area contributed by atoms with Crippen LogP contribution in [0.4, 0.5) is 0 Å². The number of aromatic hydroxyl groups is 1. The summed E-state index contributed by atoms with van der Waals surface area (Å²) in [6.07, 6.45) is 0.670. The molecule has 10 heteroatoms. The molecule has 37 heavy (non-hydrogen) atoms. The molecule has 2 aromatic carbocycles. The van der Waals surface area contributed by atoms with Crippen molar-refractivity contribution in [3.8, 4) is 5.75 Å². The summed E-state index contributed by atoms with van der Waals surface area (Å²) in [6.45, 7) is 0.274. The molecule has 2 fully saturated rings. The van der Waals surface area contributed by atoms with E-state index in [1.54, 1.807) is 53.4 Å². The number of nitrogens with zero attached hydrogens (tertiary/aromatic N) is 2. The quantitative estimate of drug-likeness (QED) is 0.464. The molecule has 0 saturated carbocycles. The summed E-state index contributed by atoms with van der Waals surface area (Å²) in [6, 6.07) is 14.7. The van der Waals surface area contributed by atoms with Gasteiger partial charge < -0.3 is 20.2 Å². The van der Waals surface area contributed by atoms with E-state index in [4.69, 9.17) is 0 Å². The summed E-state index contributed by atoms with van der Waals surface area (Å²) < 4.78 is 0.732. The minimum atomic E-state index is -0.940. The average molecular weight is 582 g/mol. The van der Waals surface area contributed by atoms with Crippen LogP contribution < -0.4 is 5.32 Å². The van der Waals surface area contributed by atoms with Gasteiger partial charge in [-0.15, -0.1) is 11.3 Å². The van der Waals surface area contributed by atoms with E-state index in [0.29, 0.717) is 23.4 Å². The zero-order valence-electron chi connectivity index (χ0n) is 19.7. The second-order valence-electron chi connectivity index (χ2n) is 9.12. The third kappa shape index (κ3) is 5.17.